The molecule has 0 bridgehead atoms. The molecule has 22 heavy (non-hydrogen) atoms. The predicted octanol–water partition coefficient (Wildman–Crippen LogP) is 2.48. The Morgan fingerprint density at radius 3 is 2.95 bits per heavy atom. The Morgan fingerprint density at radius 1 is 1.32 bits per heavy atom. The third kappa shape index (κ3) is 2.93. The zero-order valence-electron chi connectivity index (χ0n) is 13.0. The molecule has 1 N–H and O–H groups in total. The summed E-state index contributed by atoms with van der Waals surface area (Å²) in [5, 5.41) is 3.32. The van der Waals surface area contributed by atoms with E-state index in [4.69, 9.17) is 0 Å². The second-order valence-electron chi connectivity index (χ2n) is 5.52. The van der Waals surface area contributed by atoms with Crippen molar-refractivity contribution in [1.82, 2.24) is 9.97 Å². The van der Waals surface area contributed by atoms with Gasteiger partial charge in [-0.05, 0) is 38.0 Å². The zero-order valence-corrected chi connectivity index (χ0v) is 13.0. The average Bonchev–Trinajstić information content (AvgIpc) is 2.53. The van der Waals surface area contributed by atoms with E-state index in [0.29, 0.717) is 19.4 Å². The first-order valence-corrected chi connectivity index (χ1v) is 7.57. The molecule has 0 saturated carbocycles. The first-order valence-electron chi connectivity index (χ1n) is 7.57. The summed E-state index contributed by atoms with van der Waals surface area (Å²) >= 11 is 0. The number of nitrogens with zero attached hydrogens (tertiary/aromatic N) is 3. The summed E-state index contributed by atoms with van der Waals surface area (Å²) in [6, 6.07) is 7.93. The smallest absolute Gasteiger partial charge is 0.227 e. The minimum absolute atomic E-state index is 0.147. The number of carbonyl (C=O) groups is 1. The first kappa shape index (κ1) is 14.5. The normalized spacial score (nSPS) is 13.5. The molecule has 2 aromatic rings. The van der Waals surface area contributed by atoms with Crippen molar-refractivity contribution >= 4 is 17.3 Å². The molecule has 0 atom stereocenters. The summed E-state index contributed by atoms with van der Waals surface area (Å²) in [5.41, 5.74) is 4.00. The average molecular weight is 296 g/mol. The van der Waals surface area contributed by atoms with Gasteiger partial charge < -0.3 is 10.2 Å². The SMILES string of the molecule is Cc1ncc(CCC(=O)N2CCNc3ccccc32)c(C)n1. The van der Waals surface area contributed by atoms with Crippen molar-refractivity contribution in [2.24, 2.45) is 0 Å². The fourth-order valence-corrected chi connectivity index (χ4v) is 2.77. The van der Waals surface area contributed by atoms with Crippen LogP contribution in [0.5, 0.6) is 0 Å². The maximum Gasteiger partial charge on any atom is 0.227 e. The summed E-state index contributed by atoms with van der Waals surface area (Å²) in [6.07, 6.45) is 2.98. The highest BCUT2D eigenvalue weighted by Gasteiger charge is 2.21. The number of hydrogen-bond donors (Lipinski definition) is 1. The molecule has 1 aromatic heterocycles. The number of rotatable bonds is 3. The molecule has 3 rings (SSSR count). The summed E-state index contributed by atoms with van der Waals surface area (Å²) in [5.74, 6) is 0.914. The van der Waals surface area contributed by atoms with Gasteiger partial charge in [0.25, 0.3) is 0 Å². The summed E-state index contributed by atoms with van der Waals surface area (Å²) in [4.78, 5) is 23.0. The van der Waals surface area contributed by atoms with Gasteiger partial charge >= 0.3 is 0 Å². The Bertz CT molecular complexity index is 699. The van der Waals surface area contributed by atoms with Crippen molar-refractivity contribution in [3.63, 3.8) is 0 Å². The van der Waals surface area contributed by atoms with Gasteiger partial charge in [-0.15, -0.1) is 0 Å². The zero-order chi connectivity index (χ0) is 15.5. The van der Waals surface area contributed by atoms with E-state index in [-0.39, 0.29) is 5.91 Å². The Hall–Kier alpha value is -2.43. The van der Waals surface area contributed by atoms with Crippen LogP contribution in [-0.4, -0.2) is 29.0 Å². The maximum atomic E-state index is 12.6. The molecule has 0 aliphatic carbocycles. The molecular formula is C17H20N4O. The first-order chi connectivity index (χ1) is 10.6. The maximum absolute atomic E-state index is 12.6. The van der Waals surface area contributed by atoms with Crippen LogP contribution in [0.25, 0.3) is 0 Å². The molecule has 5 heteroatoms. The van der Waals surface area contributed by atoms with E-state index >= 15 is 0 Å². The monoisotopic (exact) mass is 296 g/mol. The number of nitrogens with one attached hydrogen (secondary N) is 1. The van der Waals surface area contributed by atoms with Crippen LogP contribution >= 0.6 is 0 Å². The Kier molecular flexibility index (Phi) is 4.04. The van der Waals surface area contributed by atoms with Crippen molar-refractivity contribution in [2.45, 2.75) is 26.7 Å². The number of amides is 1. The number of carbonyl (C=O) groups excluding carboxylic acids is 1. The molecule has 5 nitrogen and oxygen atoms in total. The van der Waals surface area contributed by atoms with Gasteiger partial charge in [-0.2, -0.15) is 0 Å². The molecule has 114 valence electrons. The minimum Gasteiger partial charge on any atom is -0.382 e. The van der Waals surface area contributed by atoms with Gasteiger partial charge in [0.15, 0.2) is 0 Å². The van der Waals surface area contributed by atoms with Crippen LogP contribution in [0.3, 0.4) is 0 Å². The minimum atomic E-state index is 0.147. The van der Waals surface area contributed by atoms with Crippen LogP contribution < -0.4 is 10.2 Å². The van der Waals surface area contributed by atoms with Crippen molar-refractivity contribution in [1.29, 1.82) is 0 Å². The second kappa shape index (κ2) is 6.13. The largest absolute Gasteiger partial charge is 0.382 e. The van der Waals surface area contributed by atoms with Crippen molar-refractivity contribution in [3.8, 4) is 0 Å². The summed E-state index contributed by atoms with van der Waals surface area (Å²) < 4.78 is 0. The molecule has 0 saturated heterocycles. The van der Waals surface area contributed by atoms with Crippen molar-refractivity contribution in [3.05, 3.63) is 47.5 Å². The Labute approximate surface area is 130 Å². The van der Waals surface area contributed by atoms with Gasteiger partial charge in [-0.1, -0.05) is 12.1 Å². The Morgan fingerprint density at radius 2 is 2.14 bits per heavy atom. The molecule has 1 amide bonds. The van der Waals surface area contributed by atoms with E-state index in [1.54, 1.807) is 0 Å². The Balaban J connectivity index is 1.70. The lowest BCUT2D eigenvalue weighted by Crippen LogP contribution is -2.39. The summed E-state index contributed by atoms with van der Waals surface area (Å²) in [6.45, 7) is 5.34. The van der Waals surface area contributed by atoms with Gasteiger partial charge in [-0.25, -0.2) is 9.97 Å². The van der Waals surface area contributed by atoms with E-state index in [9.17, 15) is 4.79 Å². The summed E-state index contributed by atoms with van der Waals surface area (Å²) in [7, 11) is 0. The van der Waals surface area contributed by atoms with Crippen LogP contribution in [0.2, 0.25) is 0 Å². The highest BCUT2D eigenvalue weighted by Crippen LogP contribution is 2.29. The number of benzene rings is 1. The molecule has 1 aliphatic rings. The van der Waals surface area contributed by atoms with E-state index in [2.05, 4.69) is 15.3 Å². The molecule has 0 radical (unpaired) electrons. The lowest BCUT2D eigenvalue weighted by Gasteiger charge is -2.30. The van der Waals surface area contributed by atoms with E-state index < -0.39 is 0 Å². The lowest BCUT2D eigenvalue weighted by atomic mass is 10.1. The fraction of sp³-hybridized carbons (Fsp3) is 0.353. The predicted molar refractivity (Wildman–Crippen MR) is 87.1 cm³/mol. The van der Waals surface area contributed by atoms with E-state index in [0.717, 1.165) is 35.0 Å². The van der Waals surface area contributed by atoms with E-state index in [1.165, 1.54) is 0 Å². The van der Waals surface area contributed by atoms with Gasteiger partial charge in [0, 0.05) is 31.4 Å². The van der Waals surface area contributed by atoms with Crippen LogP contribution in [0, 0.1) is 13.8 Å². The van der Waals surface area contributed by atoms with Crippen LogP contribution in [0.15, 0.2) is 30.5 Å². The van der Waals surface area contributed by atoms with Gasteiger partial charge in [-0.3, -0.25) is 4.79 Å². The third-order valence-corrected chi connectivity index (χ3v) is 3.96. The van der Waals surface area contributed by atoms with Crippen LogP contribution in [0.1, 0.15) is 23.5 Å². The number of anilines is 2. The molecule has 0 unspecified atom stereocenters. The standard InChI is InChI=1S/C17H20N4O/c1-12-14(11-19-13(2)20-12)7-8-17(22)21-10-9-18-15-5-3-4-6-16(15)21/h3-6,11,18H,7-10H2,1-2H3. The molecule has 1 aliphatic heterocycles. The fourth-order valence-electron chi connectivity index (χ4n) is 2.77. The number of para-hydroxylation sites is 2. The molecule has 0 fully saturated rings. The molecule has 0 spiro atoms. The van der Waals surface area contributed by atoms with Crippen LogP contribution in [0.4, 0.5) is 11.4 Å². The van der Waals surface area contributed by atoms with Crippen molar-refractivity contribution in [2.75, 3.05) is 23.3 Å². The van der Waals surface area contributed by atoms with Crippen LogP contribution in [-0.2, 0) is 11.2 Å². The number of aromatic nitrogens is 2. The highest BCUT2D eigenvalue weighted by molar-refractivity contribution is 5.97. The second-order valence-corrected chi connectivity index (χ2v) is 5.52. The van der Waals surface area contributed by atoms with E-state index in [1.807, 2.05) is 49.2 Å². The number of fused-ring (bicyclic) bond motifs is 1. The molecular weight excluding hydrogens is 276 g/mol. The van der Waals surface area contributed by atoms with Crippen molar-refractivity contribution < 1.29 is 4.79 Å². The van der Waals surface area contributed by atoms with Gasteiger partial charge in [0.2, 0.25) is 5.91 Å². The molecule has 1 aromatic carbocycles. The number of aryl methyl sites for hydroxylation is 3. The third-order valence-electron chi connectivity index (χ3n) is 3.96. The highest BCUT2D eigenvalue weighted by atomic mass is 16.2. The van der Waals surface area contributed by atoms with Gasteiger partial charge in [0.05, 0.1) is 11.4 Å². The number of hydrogen-bond acceptors (Lipinski definition) is 4. The molecule has 2 heterocycles. The lowest BCUT2D eigenvalue weighted by molar-refractivity contribution is -0.118. The van der Waals surface area contributed by atoms with Gasteiger partial charge in [0.1, 0.15) is 5.82 Å². The quantitative estimate of drug-likeness (QED) is 0.945. The topological polar surface area (TPSA) is 58.1 Å².